The largest absolute Gasteiger partial charge is 0.360 e. The van der Waals surface area contributed by atoms with Crippen LogP contribution in [-0.4, -0.2) is 44.9 Å². The first-order valence-electron chi connectivity index (χ1n) is 9.90. The molecule has 3 heterocycles. The fourth-order valence-corrected chi connectivity index (χ4v) is 4.10. The number of hydrogen-bond donors (Lipinski definition) is 1. The maximum atomic E-state index is 13.1. The molecule has 0 bridgehead atoms. The van der Waals surface area contributed by atoms with Crippen molar-refractivity contribution in [1.82, 2.24) is 18.7 Å². The van der Waals surface area contributed by atoms with Gasteiger partial charge in [-0.1, -0.05) is 0 Å². The van der Waals surface area contributed by atoms with Crippen LogP contribution in [0.5, 0.6) is 0 Å². The van der Waals surface area contributed by atoms with Gasteiger partial charge in [0.1, 0.15) is 12.4 Å². The van der Waals surface area contributed by atoms with Gasteiger partial charge in [-0.05, 0) is 31.2 Å². The van der Waals surface area contributed by atoms with Crippen LogP contribution in [0.2, 0.25) is 0 Å². The molecule has 1 aliphatic rings. The first-order chi connectivity index (χ1) is 13.9. The van der Waals surface area contributed by atoms with Crippen LogP contribution in [0.15, 0.2) is 33.9 Å². The average Bonchev–Trinajstić information content (AvgIpc) is 3.10. The molecule has 2 aromatic heterocycles. The van der Waals surface area contributed by atoms with E-state index >= 15 is 0 Å². The Labute approximate surface area is 167 Å². The molecule has 29 heavy (non-hydrogen) atoms. The van der Waals surface area contributed by atoms with E-state index in [0.29, 0.717) is 24.3 Å². The fraction of sp³-hybridized carbons (Fsp3) is 0.450. The summed E-state index contributed by atoms with van der Waals surface area (Å²) in [6.45, 7) is 6.87. The van der Waals surface area contributed by atoms with Gasteiger partial charge in [0.15, 0.2) is 17.0 Å². The van der Waals surface area contributed by atoms with Gasteiger partial charge >= 0.3 is 5.69 Å². The number of aryl methyl sites for hydroxylation is 2. The summed E-state index contributed by atoms with van der Waals surface area (Å²) in [5, 5.41) is 0. The van der Waals surface area contributed by atoms with E-state index in [2.05, 4.69) is 9.88 Å². The molecule has 1 aromatic carbocycles. The zero-order valence-corrected chi connectivity index (χ0v) is 17.0. The molecule has 0 atom stereocenters. The molecule has 8 nitrogen and oxygen atoms in total. The lowest BCUT2D eigenvalue weighted by Gasteiger charge is -2.33. The SMILES string of the molecule is CCn1c(C[NH+]2CCN(c3ccc(F)cc3)CC2)nc2c1c(=O)n(C)c(=O)n2C. The van der Waals surface area contributed by atoms with E-state index in [1.807, 2.05) is 23.6 Å². The number of fused-ring (bicyclic) bond motifs is 1. The normalized spacial score (nSPS) is 15.4. The number of nitrogens with one attached hydrogen (secondary N) is 1. The molecule has 0 amide bonds. The van der Waals surface area contributed by atoms with E-state index in [1.54, 1.807) is 7.05 Å². The van der Waals surface area contributed by atoms with Gasteiger partial charge in [-0.15, -0.1) is 0 Å². The molecular formula is C20H26FN6O2+. The number of rotatable bonds is 4. The Kier molecular flexibility index (Phi) is 4.99. The lowest BCUT2D eigenvalue weighted by Crippen LogP contribution is -3.13. The summed E-state index contributed by atoms with van der Waals surface area (Å²) in [5.74, 6) is 0.600. The molecule has 1 saturated heterocycles. The first-order valence-corrected chi connectivity index (χ1v) is 9.90. The smallest absolute Gasteiger partial charge is 0.332 e. The van der Waals surface area contributed by atoms with Gasteiger partial charge in [-0.25, -0.2) is 14.2 Å². The number of aromatic nitrogens is 4. The van der Waals surface area contributed by atoms with Crippen molar-refractivity contribution < 1.29 is 9.29 Å². The highest BCUT2D eigenvalue weighted by molar-refractivity contribution is 5.71. The lowest BCUT2D eigenvalue weighted by atomic mass is 10.2. The second-order valence-corrected chi connectivity index (χ2v) is 7.54. The average molecular weight is 401 g/mol. The summed E-state index contributed by atoms with van der Waals surface area (Å²) >= 11 is 0. The van der Waals surface area contributed by atoms with Crippen LogP contribution in [0.4, 0.5) is 10.1 Å². The predicted octanol–water partition coefficient (Wildman–Crippen LogP) is -0.502. The minimum absolute atomic E-state index is 0.225. The molecule has 9 heteroatoms. The topological polar surface area (TPSA) is 69.5 Å². The summed E-state index contributed by atoms with van der Waals surface area (Å²) in [6, 6.07) is 6.60. The number of hydrogen-bond acceptors (Lipinski definition) is 4. The molecule has 0 radical (unpaired) electrons. The summed E-state index contributed by atoms with van der Waals surface area (Å²) in [6.07, 6.45) is 0. The number of quaternary nitrogens is 1. The number of piperazine rings is 1. The van der Waals surface area contributed by atoms with Crippen molar-refractivity contribution in [2.75, 3.05) is 31.1 Å². The monoisotopic (exact) mass is 401 g/mol. The third-order valence-corrected chi connectivity index (χ3v) is 5.81. The second kappa shape index (κ2) is 7.47. The summed E-state index contributed by atoms with van der Waals surface area (Å²) in [7, 11) is 3.14. The van der Waals surface area contributed by atoms with E-state index in [1.165, 1.54) is 28.6 Å². The number of imidazole rings is 1. The molecule has 154 valence electrons. The summed E-state index contributed by atoms with van der Waals surface area (Å²) in [5.41, 5.74) is 1.29. The Balaban J connectivity index is 1.57. The van der Waals surface area contributed by atoms with Crippen molar-refractivity contribution in [3.8, 4) is 0 Å². The van der Waals surface area contributed by atoms with Gasteiger partial charge in [0.25, 0.3) is 5.56 Å². The van der Waals surface area contributed by atoms with Crippen molar-refractivity contribution in [3.63, 3.8) is 0 Å². The number of benzene rings is 1. The van der Waals surface area contributed by atoms with E-state index in [9.17, 15) is 14.0 Å². The van der Waals surface area contributed by atoms with Crippen molar-refractivity contribution >= 4 is 16.9 Å². The van der Waals surface area contributed by atoms with Crippen molar-refractivity contribution in [1.29, 1.82) is 0 Å². The zero-order valence-electron chi connectivity index (χ0n) is 17.0. The Morgan fingerprint density at radius 3 is 2.34 bits per heavy atom. The maximum Gasteiger partial charge on any atom is 0.332 e. The van der Waals surface area contributed by atoms with Crippen LogP contribution >= 0.6 is 0 Å². The zero-order chi connectivity index (χ0) is 20.7. The molecule has 1 aliphatic heterocycles. The Morgan fingerprint density at radius 2 is 1.72 bits per heavy atom. The van der Waals surface area contributed by atoms with Gasteiger partial charge in [-0.2, -0.15) is 0 Å². The first kappa shape index (κ1) is 19.4. The van der Waals surface area contributed by atoms with E-state index in [-0.39, 0.29) is 17.1 Å². The van der Waals surface area contributed by atoms with Crippen molar-refractivity contribution in [3.05, 3.63) is 56.7 Å². The van der Waals surface area contributed by atoms with E-state index in [4.69, 9.17) is 0 Å². The minimum Gasteiger partial charge on any atom is -0.360 e. The van der Waals surface area contributed by atoms with Crippen LogP contribution in [0.3, 0.4) is 0 Å². The van der Waals surface area contributed by atoms with Gasteiger partial charge in [0.2, 0.25) is 0 Å². The Bertz CT molecular complexity index is 1150. The third-order valence-electron chi connectivity index (χ3n) is 5.81. The van der Waals surface area contributed by atoms with Crippen LogP contribution < -0.4 is 21.0 Å². The predicted molar refractivity (Wildman–Crippen MR) is 109 cm³/mol. The maximum absolute atomic E-state index is 13.1. The highest BCUT2D eigenvalue weighted by Gasteiger charge is 2.24. The van der Waals surface area contributed by atoms with Crippen molar-refractivity contribution in [2.45, 2.75) is 20.0 Å². The van der Waals surface area contributed by atoms with Crippen LogP contribution in [-0.2, 0) is 27.2 Å². The standard InChI is InChI=1S/C20H25FN6O2/c1-4-27-16(22-18-17(27)19(28)24(3)20(29)23(18)2)13-25-9-11-26(12-10-25)15-7-5-14(21)6-8-15/h5-8H,4,9-13H2,1-3H3/p+1. The number of nitrogens with zero attached hydrogens (tertiary/aromatic N) is 5. The second-order valence-electron chi connectivity index (χ2n) is 7.54. The molecule has 0 aliphatic carbocycles. The molecule has 3 aromatic rings. The van der Waals surface area contributed by atoms with Crippen LogP contribution in [0.25, 0.3) is 11.2 Å². The molecular weight excluding hydrogens is 375 g/mol. The fourth-order valence-electron chi connectivity index (χ4n) is 4.10. The van der Waals surface area contributed by atoms with Gasteiger partial charge < -0.3 is 14.4 Å². The number of halogens is 1. The molecule has 0 unspecified atom stereocenters. The molecule has 0 saturated carbocycles. The summed E-state index contributed by atoms with van der Waals surface area (Å²) in [4.78, 5) is 33.2. The van der Waals surface area contributed by atoms with Gasteiger partial charge in [0.05, 0.1) is 26.2 Å². The van der Waals surface area contributed by atoms with Crippen molar-refractivity contribution in [2.24, 2.45) is 14.1 Å². The van der Waals surface area contributed by atoms with Gasteiger partial charge in [0, 0.05) is 26.3 Å². The molecule has 4 rings (SSSR count). The highest BCUT2D eigenvalue weighted by Crippen LogP contribution is 2.15. The summed E-state index contributed by atoms with van der Waals surface area (Å²) < 4.78 is 17.6. The highest BCUT2D eigenvalue weighted by atomic mass is 19.1. The third kappa shape index (κ3) is 3.35. The Hall–Kier alpha value is -2.94. The quantitative estimate of drug-likeness (QED) is 0.640. The van der Waals surface area contributed by atoms with Crippen LogP contribution in [0, 0.1) is 5.82 Å². The van der Waals surface area contributed by atoms with E-state index in [0.717, 1.165) is 42.3 Å². The molecule has 0 spiro atoms. The lowest BCUT2D eigenvalue weighted by molar-refractivity contribution is -0.915. The van der Waals surface area contributed by atoms with Crippen LogP contribution in [0.1, 0.15) is 12.7 Å². The molecule has 1 N–H and O–H groups in total. The van der Waals surface area contributed by atoms with E-state index < -0.39 is 0 Å². The molecule has 1 fully saturated rings. The Morgan fingerprint density at radius 1 is 1.07 bits per heavy atom. The minimum atomic E-state index is -0.366. The van der Waals surface area contributed by atoms with Gasteiger partial charge in [-0.3, -0.25) is 13.9 Å². The number of anilines is 1.